The molecule has 0 spiro atoms. The van der Waals surface area contributed by atoms with Crippen LogP contribution in [-0.2, 0) is 16.1 Å². The van der Waals surface area contributed by atoms with Gasteiger partial charge in [-0.25, -0.2) is 0 Å². The normalized spacial score (nSPS) is 19.4. The quantitative estimate of drug-likeness (QED) is 0.811. The fraction of sp³-hybridized carbons (Fsp3) is 0.462. The summed E-state index contributed by atoms with van der Waals surface area (Å²) in [5.74, 6) is 0.534. The van der Waals surface area contributed by atoms with E-state index in [2.05, 4.69) is 0 Å². The second kappa shape index (κ2) is 6.10. The van der Waals surface area contributed by atoms with Crippen LogP contribution in [0.1, 0.15) is 17.5 Å². The Hall–Kier alpha value is -0.970. The summed E-state index contributed by atoms with van der Waals surface area (Å²) in [6, 6.07) is 7.83. The summed E-state index contributed by atoms with van der Waals surface area (Å²) in [5.41, 5.74) is 7.63. The van der Waals surface area contributed by atoms with Gasteiger partial charge >= 0.3 is 0 Å². The monoisotopic (exact) mass is 251 g/mol. The molecule has 2 N–H and O–H groups in total. The summed E-state index contributed by atoms with van der Waals surface area (Å²) in [4.78, 5) is 0.424. The number of nitrogens with two attached hydrogens (primary N) is 1. The zero-order valence-corrected chi connectivity index (χ0v) is 10.5. The molecule has 3 nitrogen and oxygen atoms in total. The smallest absolute Gasteiger partial charge is 0.104 e. The molecule has 0 aromatic heterocycles. The first-order chi connectivity index (χ1) is 8.27. The molecule has 2 rings (SSSR count). The zero-order chi connectivity index (χ0) is 12.1. The Bertz CT molecular complexity index is 389. The van der Waals surface area contributed by atoms with E-state index in [4.69, 9.17) is 27.4 Å². The summed E-state index contributed by atoms with van der Waals surface area (Å²) >= 11 is 5.01. The van der Waals surface area contributed by atoms with Gasteiger partial charge in [0.15, 0.2) is 0 Å². The maximum absolute atomic E-state index is 5.70. The molecule has 1 aromatic carbocycles. The van der Waals surface area contributed by atoms with Crippen LogP contribution in [0.3, 0.4) is 0 Å². The van der Waals surface area contributed by atoms with Crippen molar-refractivity contribution in [2.24, 2.45) is 11.7 Å². The van der Waals surface area contributed by atoms with E-state index >= 15 is 0 Å². The van der Waals surface area contributed by atoms with Crippen molar-refractivity contribution in [3.63, 3.8) is 0 Å². The number of thiocarbonyl (C=S) groups is 1. The Morgan fingerprint density at radius 1 is 1.47 bits per heavy atom. The van der Waals surface area contributed by atoms with Gasteiger partial charge in [-0.15, -0.1) is 0 Å². The predicted octanol–water partition coefficient (Wildman–Crippen LogP) is 1.87. The molecule has 0 saturated carbocycles. The second-order valence-corrected chi connectivity index (χ2v) is 4.71. The van der Waals surface area contributed by atoms with Crippen LogP contribution in [0, 0.1) is 5.92 Å². The second-order valence-electron chi connectivity index (χ2n) is 4.27. The molecule has 0 radical (unpaired) electrons. The minimum atomic E-state index is 0.424. The molecular weight excluding hydrogens is 234 g/mol. The third kappa shape index (κ3) is 3.49. The van der Waals surface area contributed by atoms with Crippen LogP contribution in [0.5, 0.6) is 0 Å². The number of ether oxygens (including phenoxy) is 2. The number of benzene rings is 1. The topological polar surface area (TPSA) is 44.5 Å². The standard InChI is InChI=1S/C13H17NO2S/c14-13(17)12-4-2-1-3-11(12)9-16-8-10-5-6-15-7-10/h1-4,10H,5-9H2,(H2,14,17). The van der Waals surface area contributed by atoms with Gasteiger partial charge in [0, 0.05) is 18.1 Å². The van der Waals surface area contributed by atoms with Gasteiger partial charge in [-0.3, -0.25) is 0 Å². The molecule has 17 heavy (non-hydrogen) atoms. The van der Waals surface area contributed by atoms with Crippen molar-refractivity contribution >= 4 is 17.2 Å². The first-order valence-corrected chi connectivity index (χ1v) is 6.21. The number of rotatable bonds is 5. The highest BCUT2D eigenvalue weighted by atomic mass is 32.1. The van der Waals surface area contributed by atoms with Crippen molar-refractivity contribution in [2.75, 3.05) is 19.8 Å². The van der Waals surface area contributed by atoms with Crippen molar-refractivity contribution in [1.82, 2.24) is 0 Å². The number of hydrogen-bond donors (Lipinski definition) is 1. The highest BCUT2D eigenvalue weighted by molar-refractivity contribution is 7.80. The molecule has 0 bridgehead atoms. The molecule has 1 aromatic rings. The van der Waals surface area contributed by atoms with Gasteiger partial charge in [-0.05, 0) is 12.0 Å². The van der Waals surface area contributed by atoms with Crippen molar-refractivity contribution in [2.45, 2.75) is 13.0 Å². The zero-order valence-electron chi connectivity index (χ0n) is 9.72. The maximum atomic E-state index is 5.70. The lowest BCUT2D eigenvalue weighted by atomic mass is 10.1. The average molecular weight is 251 g/mol. The molecule has 4 heteroatoms. The van der Waals surface area contributed by atoms with E-state index in [1.54, 1.807) is 0 Å². The van der Waals surface area contributed by atoms with E-state index in [0.717, 1.165) is 37.4 Å². The summed E-state index contributed by atoms with van der Waals surface area (Å²) in [5, 5.41) is 0. The van der Waals surface area contributed by atoms with Gasteiger partial charge in [-0.2, -0.15) is 0 Å². The van der Waals surface area contributed by atoms with E-state index in [0.29, 0.717) is 17.5 Å². The van der Waals surface area contributed by atoms with Gasteiger partial charge in [0.25, 0.3) is 0 Å². The van der Waals surface area contributed by atoms with E-state index in [1.807, 2.05) is 24.3 Å². The summed E-state index contributed by atoms with van der Waals surface area (Å²) in [7, 11) is 0. The van der Waals surface area contributed by atoms with Crippen LogP contribution in [0.4, 0.5) is 0 Å². The molecule has 1 fully saturated rings. The SMILES string of the molecule is NC(=S)c1ccccc1COCC1CCOC1. The Kier molecular flexibility index (Phi) is 4.48. The lowest BCUT2D eigenvalue weighted by molar-refractivity contribution is 0.0791. The van der Waals surface area contributed by atoms with E-state index in [9.17, 15) is 0 Å². The van der Waals surface area contributed by atoms with Gasteiger partial charge in [0.2, 0.25) is 0 Å². The molecule has 0 amide bonds. The Labute approximate surface area is 107 Å². The van der Waals surface area contributed by atoms with E-state index in [1.165, 1.54) is 0 Å². The van der Waals surface area contributed by atoms with E-state index in [-0.39, 0.29) is 0 Å². The minimum Gasteiger partial charge on any atom is -0.389 e. The molecule has 1 aliphatic rings. The molecule has 1 saturated heterocycles. The van der Waals surface area contributed by atoms with Crippen LogP contribution >= 0.6 is 12.2 Å². The summed E-state index contributed by atoms with van der Waals surface area (Å²) in [6.07, 6.45) is 1.09. The molecule has 92 valence electrons. The summed E-state index contributed by atoms with van der Waals surface area (Å²) in [6.45, 7) is 2.98. The third-order valence-electron chi connectivity index (χ3n) is 2.92. The highest BCUT2D eigenvalue weighted by Crippen LogP contribution is 2.15. The summed E-state index contributed by atoms with van der Waals surface area (Å²) < 4.78 is 11.0. The third-order valence-corrected chi connectivity index (χ3v) is 3.14. The lowest BCUT2D eigenvalue weighted by Crippen LogP contribution is -2.14. The minimum absolute atomic E-state index is 0.424. The van der Waals surface area contributed by atoms with Crippen molar-refractivity contribution < 1.29 is 9.47 Å². The van der Waals surface area contributed by atoms with Crippen LogP contribution in [0.2, 0.25) is 0 Å². The van der Waals surface area contributed by atoms with Crippen molar-refractivity contribution in [3.8, 4) is 0 Å². The Morgan fingerprint density at radius 3 is 3.00 bits per heavy atom. The van der Waals surface area contributed by atoms with Crippen molar-refractivity contribution in [3.05, 3.63) is 35.4 Å². The average Bonchev–Trinajstić information content (AvgIpc) is 2.82. The Balaban J connectivity index is 1.87. The molecule has 0 aliphatic carbocycles. The van der Waals surface area contributed by atoms with Gasteiger partial charge in [-0.1, -0.05) is 36.5 Å². The number of hydrogen-bond acceptors (Lipinski definition) is 3. The largest absolute Gasteiger partial charge is 0.389 e. The van der Waals surface area contributed by atoms with Gasteiger partial charge in [0.05, 0.1) is 19.8 Å². The fourth-order valence-electron chi connectivity index (χ4n) is 1.94. The first kappa shape index (κ1) is 12.5. The maximum Gasteiger partial charge on any atom is 0.104 e. The van der Waals surface area contributed by atoms with Gasteiger partial charge < -0.3 is 15.2 Å². The Morgan fingerprint density at radius 2 is 2.29 bits per heavy atom. The van der Waals surface area contributed by atoms with Crippen LogP contribution in [0.25, 0.3) is 0 Å². The molecule has 1 aliphatic heterocycles. The van der Waals surface area contributed by atoms with Crippen LogP contribution < -0.4 is 5.73 Å². The predicted molar refractivity (Wildman–Crippen MR) is 70.9 cm³/mol. The molecule has 1 atom stereocenters. The van der Waals surface area contributed by atoms with Gasteiger partial charge in [0.1, 0.15) is 4.99 Å². The molecule has 1 unspecified atom stereocenters. The van der Waals surface area contributed by atoms with Crippen molar-refractivity contribution in [1.29, 1.82) is 0 Å². The first-order valence-electron chi connectivity index (χ1n) is 5.80. The fourth-order valence-corrected chi connectivity index (χ4v) is 2.14. The van der Waals surface area contributed by atoms with E-state index < -0.39 is 0 Å². The molecular formula is C13H17NO2S. The highest BCUT2D eigenvalue weighted by Gasteiger charge is 2.15. The van der Waals surface area contributed by atoms with Crippen LogP contribution in [-0.4, -0.2) is 24.8 Å². The lowest BCUT2D eigenvalue weighted by Gasteiger charge is -2.11. The van der Waals surface area contributed by atoms with Crippen LogP contribution in [0.15, 0.2) is 24.3 Å². The molecule has 1 heterocycles.